The van der Waals surface area contributed by atoms with Gasteiger partial charge in [-0.1, -0.05) is 0 Å². The predicted molar refractivity (Wildman–Crippen MR) is 71.7 cm³/mol. The fourth-order valence-corrected chi connectivity index (χ4v) is 0.957. The van der Waals surface area contributed by atoms with E-state index in [2.05, 4.69) is 28.4 Å². The van der Waals surface area contributed by atoms with Crippen LogP contribution in [-0.4, -0.2) is 56.2 Å². The number of carbonyl (C=O) groups excluding carboxylic acids is 6. The topological polar surface area (TPSA) is 158 Å². The van der Waals surface area contributed by atoms with Crippen LogP contribution in [0.1, 0.15) is 26.7 Å². The molecule has 0 amide bonds. The Hall–Kier alpha value is -3.18. The van der Waals surface area contributed by atoms with Crippen molar-refractivity contribution in [2.75, 3.05) is 20.4 Å². The molecule has 0 rings (SSSR count). The van der Waals surface area contributed by atoms with Crippen LogP contribution in [0.3, 0.4) is 0 Å². The van der Waals surface area contributed by atoms with E-state index in [1.807, 2.05) is 0 Å². The van der Waals surface area contributed by atoms with Crippen LogP contribution < -0.4 is 0 Å². The van der Waals surface area contributed by atoms with E-state index in [0.29, 0.717) is 0 Å². The molecule has 0 heterocycles. The Morgan fingerprint density at radius 2 is 0.720 bits per heavy atom. The van der Waals surface area contributed by atoms with Gasteiger partial charge in [-0.3, -0.25) is 28.8 Å². The quantitative estimate of drug-likeness (QED) is 0.200. The van der Waals surface area contributed by atoms with Gasteiger partial charge in [0.15, 0.2) is 0 Å². The standard InChI is InChI=1S/C13H16O12/c1-8(14)20-5-22-10(16)3-12(18)24-7-25-13(19)4-11(17)23-6-21-9(2)15/h3-7H2,1-2H3. The second kappa shape index (κ2) is 12.3. The van der Waals surface area contributed by atoms with E-state index in [4.69, 9.17) is 0 Å². The Kier molecular flexibility index (Phi) is 10.7. The van der Waals surface area contributed by atoms with Crippen LogP contribution in [0.25, 0.3) is 0 Å². The Bertz CT molecular complexity index is 477. The largest absolute Gasteiger partial charge is 0.428 e. The third-order valence-electron chi connectivity index (χ3n) is 1.98. The van der Waals surface area contributed by atoms with Crippen LogP contribution in [0.4, 0.5) is 0 Å². The summed E-state index contributed by atoms with van der Waals surface area (Å²) in [5.74, 6) is -5.53. The van der Waals surface area contributed by atoms with Crippen molar-refractivity contribution in [1.82, 2.24) is 0 Å². The molecule has 12 nitrogen and oxygen atoms in total. The van der Waals surface area contributed by atoms with Crippen molar-refractivity contribution in [3.8, 4) is 0 Å². The Morgan fingerprint density at radius 3 is 0.960 bits per heavy atom. The number of esters is 6. The van der Waals surface area contributed by atoms with Crippen molar-refractivity contribution >= 4 is 35.8 Å². The van der Waals surface area contributed by atoms with Gasteiger partial charge in [-0.2, -0.15) is 0 Å². The van der Waals surface area contributed by atoms with Crippen molar-refractivity contribution in [1.29, 1.82) is 0 Å². The first kappa shape index (κ1) is 21.8. The lowest BCUT2D eigenvalue weighted by atomic mass is 10.4. The molecule has 0 saturated heterocycles. The molecule has 0 atom stereocenters. The van der Waals surface area contributed by atoms with Gasteiger partial charge in [0, 0.05) is 13.8 Å². The molecule has 0 unspecified atom stereocenters. The van der Waals surface area contributed by atoms with E-state index >= 15 is 0 Å². The monoisotopic (exact) mass is 364 g/mol. The van der Waals surface area contributed by atoms with E-state index in [1.54, 1.807) is 0 Å². The lowest BCUT2D eigenvalue weighted by Crippen LogP contribution is -2.20. The smallest absolute Gasteiger partial charge is 0.320 e. The Labute approximate surface area is 141 Å². The third kappa shape index (κ3) is 14.2. The lowest BCUT2D eigenvalue weighted by Gasteiger charge is -2.07. The van der Waals surface area contributed by atoms with E-state index in [9.17, 15) is 28.8 Å². The van der Waals surface area contributed by atoms with Gasteiger partial charge in [0.25, 0.3) is 0 Å². The number of carbonyl (C=O) groups is 6. The van der Waals surface area contributed by atoms with Crippen molar-refractivity contribution in [3.63, 3.8) is 0 Å². The molecule has 0 aromatic rings. The van der Waals surface area contributed by atoms with Gasteiger partial charge in [-0.05, 0) is 0 Å². The first-order valence-electron chi connectivity index (χ1n) is 6.60. The molecule has 12 heteroatoms. The highest BCUT2D eigenvalue weighted by molar-refractivity contribution is 5.92. The van der Waals surface area contributed by atoms with Crippen molar-refractivity contribution < 1.29 is 57.2 Å². The van der Waals surface area contributed by atoms with Crippen molar-refractivity contribution in [2.24, 2.45) is 0 Å². The van der Waals surface area contributed by atoms with E-state index in [-0.39, 0.29) is 0 Å². The average Bonchev–Trinajstić information content (AvgIpc) is 2.45. The molecule has 0 radical (unpaired) electrons. The Morgan fingerprint density at radius 1 is 0.480 bits per heavy atom. The number of hydrogen-bond donors (Lipinski definition) is 0. The van der Waals surface area contributed by atoms with Crippen LogP contribution in [0.15, 0.2) is 0 Å². The molecule has 0 aliphatic heterocycles. The zero-order valence-electron chi connectivity index (χ0n) is 13.4. The highest BCUT2D eigenvalue weighted by atomic mass is 16.7. The maximum atomic E-state index is 11.2. The van der Waals surface area contributed by atoms with Gasteiger partial charge in [-0.15, -0.1) is 0 Å². The fraction of sp³-hybridized carbons (Fsp3) is 0.538. The van der Waals surface area contributed by atoms with Gasteiger partial charge < -0.3 is 28.4 Å². The molecule has 140 valence electrons. The molecule has 0 bridgehead atoms. The van der Waals surface area contributed by atoms with Crippen molar-refractivity contribution in [2.45, 2.75) is 26.7 Å². The zero-order chi connectivity index (χ0) is 19.2. The summed E-state index contributed by atoms with van der Waals surface area (Å²) in [6.45, 7) is 0.0646. The molecule has 0 aliphatic rings. The minimum atomic E-state index is -1.07. The van der Waals surface area contributed by atoms with Crippen LogP contribution in [0.5, 0.6) is 0 Å². The summed E-state index contributed by atoms with van der Waals surface area (Å²) in [6.07, 6.45) is -1.60. The molecular weight excluding hydrogens is 348 g/mol. The van der Waals surface area contributed by atoms with Crippen LogP contribution in [0, 0.1) is 0 Å². The summed E-state index contributed by atoms with van der Waals surface area (Å²) in [7, 11) is 0. The molecule has 0 aliphatic carbocycles. The number of rotatable bonds is 10. The summed E-state index contributed by atoms with van der Waals surface area (Å²) in [5, 5.41) is 0. The summed E-state index contributed by atoms with van der Waals surface area (Å²) < 4.78 is 26.1. The predicted octanol–water partition coefficient (Wildman–Crippen LogP) is -1.06. The normalized spacial score (nSPS) is 9.36. The molecule has 0 aromatic carbocycles. The molecule has 25 heavy (non-hydrogen) atoms. The maximum absolute atomic E-state index is 11.2. The Balaban J connectivity index is 3.79. The summed E-state index contributed by atoms with van der Waals surface area (Å²) >= 11 is 0. The van der Waals surface area contributed by atoms with Gasteiger partial charge in [-0.25, -0.2) is 0 Å². The molecule has 0 N–H and O–H groups in total. The van der Waals surface area contributed by atoms with Crippen molar-refractivity contribution in [3.05, 3.63) is 0 Å². The molecular formula is C13H16O12. The molecule has 0 fully saturated rings. The average molecular weight is 364 g/mol. The number of hydrogen-bond acceptors (Lipinski definition) is 12. The molecule has 0 saturated carbocycles. The SMILES string of the molecule is CC(=O)OCOC(=O)CC(=O)OCOC(=O)CC(=O)OCOC(C)=O. The zero-order valence-corrected chi connectivity index (χ0v) is 13.4. The van der Waals surface area contributed by atoms with E-state index < -0.39 is 69.0 Å². The van der Waals surface area contributed by atoms with Crippen LogP contribution >= 0.6 is 0 Å². The molecule has 0 spiro atoms. The maximum Gasteiger partial charge on any atom is 0.320 e. The van der Waals surface area contributed by atoms with Crippen LogP contribution in [-0.2, 0) is 57.2 Å². The lowest BCUT2D eigenvalue weighted by molar-refractivity contribution is -0.174. The summed E-state index contributed by atoms with van der Waals surface area (Å²) in [5.41, 5.74) is 0. The third-order valence-corrected chi connectivity index (χ3v) is 1.98. The minimum absolute atomic E-state index is 0.647. The minimum Gasteiger partial charge on any atom is -0.428 e. The van der Waals surface area contributed by atoms with Gasteiger partial charge in [0.1, 0.15) is 12.8 Å². The van der Waals surface area contributed by atoms with E-state index in [0.717, 1.165) is 13.8 Å². The summed E-state index contributed by atoms with van der Waals surface area (Å²) in [6, 6.07) is 0. The van der Waals surface area contributed by atoms with Gasteiger partial charge >= 0.3 is 35.8 Å². The second-order valence-corrected chi connectivity index (χ2v) is 4.04. The first-order chi connectivity index (χ1) is 11.7. The van der Waals surface area contributed by atoms with E-state index in [1.165, 1.54) is 0 Å². The van der Waals surface area contributed by atoms with Gasteiger partial charge in [0.05, 0.1) is 0 Å². The highest BCUT2D eigenvalue weighted by Gasteiger charge is 2.15. The highest BCUT2D eigenvalue weighted by Crippen LogP contribution is 1.95. The van der Waals surface area contributed by atoms with Crippen LogP contribution in [0.2, 0.25) is 0 Å². The summed E-state index contributed by atoms with van der Waals surface area (Å²) in [4.78, 5) is 65.4. The first-order valence-corrected chi connectivity index (χ1v) is 6.60. The van der Waals surface area contributed by atoms with Gasteiger partial charge in [0.2, 0.25) is 20.4 Å². The number of ether oxygens (including phenoxy) is 6. The fourth-order valence-electron chi connectivity index (χ4n) is 0.957. The second-order valence-electron chi connectivity index (χ2n) is 4.04. The molecule has 0 aromatic heterocycles.